The average Bonchev–Trinajstić information content (AvgIpc) is 3.01. The zero-order valence-electron chi connectivity index (χ0n) is 12.6. The van der Waals surface area contributed by atoms with Gasteiger partial charge in [0.2, 0.25) is 0 Å². The molecule has 114 valence electrons. The molecule has 0 amide bonds. The van der Waals surface area contributed by atoms with E-state index in [2.05, 4.69) is 60.7 Å². The monoisotopic (exact) mass is 506 g/mol. The molecule has 0 aliphatic heterocycles. The summed E-state index contributed by atoms with van der Waals surface area (Å²) in [7, 11) is 0. The molecule has 0 bridgehead atoms. The van der Waals surface area contributed by atoms with Crippen molar-refractivity contribution in [3.8, 4) is 0 Å². The number of allylic oxidation sites excluding steroid dienone is 2. The summed E-state index contributed by atoms with van der Waals surface area (Å²) in [5.41, 5.74) is 5.20. The van der Waals surface area contributed by atoms with Crippen LogP contribution < -0.4 is 0 Å². The van der Waals surface area contributed by atoms with Gasteiger partial charge >= 0.3 is 0 Å². The van der Waals surface area contributed by atoms with Gasteiger partial charge in [0, 0.05) is 47.7 Å². The summed E-state index contributed by atoms with van der Waals surface area (Å²) >= 11 is 13.0. The number of fused-ring (bicyclic) bond motifs is 2. The van der Waals surface area contributed by atoms with Crippen molar-refractivity contribution in [2.24, 2.45) is 0 Å². The van der Waals surface area contributed by atoms with E-state index in [9.17, 15) is 0 Å². The van der Waals surface area contributed by atoms with E-state index in [0.717, 1.165) is 22.9 Å². The van der Waals surface area contributed by atoms with Gasteiger partial charge in [0.25, 0.3) is 0 Å². The standard InChI is InChI=1S/C20H16Cl2.Hf/c21-19-11-13-5-1-3-7-15(13)17(19)9-10-18-16-8-4-2-6-14(16)12-20(18)22;/h1-8,11-12,17-18H,9-10H2;. The summed E-state index contributed by atoms with van der Waals surface area (Å²) in [6, 6.07) is 17.0. The van der Waals surface area contributed by atoms with Crippen LogP contribution in [0, 0.1) is 0 Å². The zero-order chi connectivity index (χ0) is 15.1. The van der Waals surface area contributed by atoms with Crippen LogP contribution in [0.2, 0.25) is 0 Å². The Morgan fingerprint density at radius 3 is 1.48 bits per heavy atom. The fourth-order valence-electron chi connectivity index (χ4n) is 3.63. The van der Waals surface area contributed by atoms with E-state index in [1.54, 1.807) is 0 Å². The van der Waals surface area contributed by atoms with Crippen molar-refractivity contribution in [3.05, 3.63) is 80.8 Å². The largest absolute Gasteiger partial charge is 0.0885 e. The second kappa shape index (κ2) is 7.09. The van der Waals surface area contributed by atoms with Crippen LogP contribution in [0.25, 0.3) is 12.2 Å². The van der Waals surface area contributed by atoms with Crippen LogP contribution in [0.3, 0.4) is 0 Å². The normalized spacial score (nSPS) is 21.1. The first kappa shape index (κ1) is 17.2. The molecule has 2 aliphatic carbocycles. The van der Waals surface area contributed by atoms with Crippen molar-refractivity contribution in [1.29, 1.82) is 0 Å². The van der Waals surface area contributed by atoms with E-state index in [1.165, 1.54) is 22.3 Å². The molecule has 3 heteroatoms. The molecule has 2 aromatic rings. The molecule has 0 radical (unpaired) electrons. The van der Waals surface area contributed by atoms with Crippen LogP contribution in [0.4, 0.5) is 0 Å². The molecule has 2 unspecified atom stereocenters. The van der Waals surface area contributed by atoms with Gasteiger partial charge in [0.05, 0.1) is 0 Å². The molecule has 0 saturated carbocycles. The summed E-state index contributed by atoms with van der Waals surface area (Å²) in [6.07, 6.45) is 6.24. The van der Waals surface area contributed by atoms with Gasteiger partial charge in [-0.25, -0.2) is 0 Å². The van der Waals surface area contributed by atoms with E-state index in [4.69, 9.17) is 23.2 Å². The van der Waals surface area contributed by atoms with Crippen molar-refractivity contribution in [1.82, 2.24) is 0 Å². The summed E-state index contributed by atoms with van der Waals surface area (Å²) in [4.78, 5) is 0. The molecule has 0 heterocycles. The quantitative estimate of drug-likeness (QED) is 0.417. The van der Waals surface area contributed by atoms with Crippen molar-refractivity contribution < 1.29 is 25.8 Å². The summed E-state index contributed by atoms with van der Waals surface area (Å²) in [5.74, 6) is 0.630. The van der Waals surface area contributed by atoms with Gasteiger partial charge in [0.15, 0.2) is 0 Å². The fraction of sp³-hybridized carbons (Fsp3) is 0.200. The minimum atomic E-state index is 0. The van der Waals surface area contributed by atoms with E-state index in [-0.39, 0.29) is 25.8 Å². The Bertz CT molecular complexity index is 724. The molecule has 0 nitrogen and oxygen atoms in total. The molecule has 4 rings (SSSR count). The van der Waals surface area contributed by atoms with Crippen LogP contribution >= 0.6 is 23.2 Å². The van der Waals surface area contributed by atoms with E-state index < -0.39 is 0 Å². The second-order valence-electron chi connectivity index (χ2n) is 6.00. The molecular weight excluding hydrogens is 490 g/mol. The third-order valence-electron chi connectivity index (χ3n) is 4.74. The molecule has 0 saturated heterocycles. The topological polar surface area (TPSA) is 0 Å². The molecule has 0 spiro atoms. The average molecular weight is 506 g/mol. The van der Waals surface area contributed by atoms with Gasteiger partial charge in [-0.1, -0.05) is 71.7 Å². The van der Waals surface area contributed by atoms with Gasteiger partial charge in [-0.3, -0.25) is 0 Å². The number of benzene rings is 2. The van der Waals surface area contributed by atoms with E-state index in [0.29, 0.717) is 11.8 Å². The van der Waals surface area contributed by atoms with Crippen LogP contribution in [0.5, 0.6) is 0 Å². The number of rotatable bonds is 3. The first-order valence-electron chi connectivity index (χ1n) is 7.66. The van der Waals surface area contributed by atoms with Gasteiger partial charge in [-0.15, -0.1) is 0 Å². The first-order valence-corrected chi connectivity index (χ1v) is 8.41. The Labute approximate surface area is 166 Å². The number of halogens is 2. The molecule has 2 aromatic carbocycles. The maximum absolute atomic E-state index is 6.48. The molecule has 2 aliphatic rings. The summed E-state index contributed by atoms with van der Waals surface area (Å²) in [5, 5.41) is 1.90. The van der Waals surface area contributed by atoms with E-state index >= 15 is 0 Å². The minimum Gasteiger partial charge on any atom is -0.0885 e. The van der Waals surface area contributed by atoms with Crippen molar-refractivity contribution >= 4 is 35.4 Å². The smallest absolute Gasteiger partial charge is 0.0262 e. The van der Waals surface area contributed by atoms with Gasteiger partial charge in [-0.05, 0) is 47.2 Å². The third kappa shape index (κ3) is 3.16. The Morgan fingerprint density at radius 2 is 1.04 bits per heavy atom. The molecule has 0 N–H and O–H groups in total. The third-order valence-corrected chi connectivity index (χ3v) is 5.48. The van der Waals surface area contributed by atoms with Crippen molar-refractivity contribution in [3.63, 3.8) is 0 Å². The van der Waals surface area contributed by atoms with Crippen LogP contribution in [0.15, 0.2) is 58.6 Å². The van der Waals surface area contributed by atoms with Crippen LogP contribution in [-0.2, 0) is 25.8 Å². The maximum Gasteiger partial charge on any atom is 0.0262 e. The molecule has 0 fully saturated rings. The Hall–Kier alpha value is -0.630. The fourth-order valence-corrected chi connectivity index (χ4v) is 4.32. The maximum atomic E-state index is 6.48. The van der Waals surface area contributed by atoms with Crippen LogP contribution in [-0.4, -0.2) is 0 Å². The van der Waals surface area contributed by atoms with Gasteiger partial charge in [-0.2, -0.15) is 0 Å². The van der Waals surface area contributed by atoms with Crippen molar-refractivity contribution in [2.75, 3.05) is 0 Å². The van der Waals surface area contributed by atoms with Gasteiger partial charge in [0.1, 0.15) is 0 Å². The van der Waals surface area contributed by atoms with Gasteiger partial charge < -0.3 is 0 Å². The SMILES string of the molecule is ClC1=Cc2ccccc2C1CCC1C(Cl)=Cc2ccccc21.[Hf]. The number of hydrogen-bond acceptors (Lipinski definition) is 0. The summed E-state index contributed by atoms with van der Waals surface area (Å²) < 4.78 is 0. The van der Waals surface area contributed by atoms with E-state index in [1.807, 2.05) is 0 Å². The Kier molecular flexibility index (Phi) is 5.30. The summed E-state index contributed by atoms with van der Waals surface area (Å²) in [6.45, 7) is 0. The zero-order valence-corrected chi connectivity index (χ0v) is 17.7. The molecule has 0 aromatic heterocycles. The molecule has 23 heavy (non-hydrogen) atoms. The first-order chi connectivity index (χ1) is 10.7. The molecule has 2 atom stereocenters. The van der Waals surface area contributed by atoms with Crippen LogP contribution in [0.1, 0.15) is 46.9 Å². The second-order valence-corrected chi connectivity index (χ2v) is 6.87. The minimum absolute atomic E-state index is 0. The van der Waals surface area contributed by atoms with Crippen molar-refractivity contribution in [2.45, 2.75) is 24.7 Å². The Morgan fingerprint density at radius 1 is 0.652 bits per heavy atom. The molecular formula is C20H16Cl2Hf. The predicted molar refractivity (Wildman–Crippen MR) is 95.3 cm³/mol. The number of hydrogen-bond donors (Lipinski definition) is 0. The Balaban J connectivity index is 0.00000156. The predicted octanol–water partition coefficient (Wildman–Crippen LogP) is 6.52.